The van der Waals surface area contributed by atoms with Gasteiger partial charge in [-0.1, -0.05) is 23.7 Å². The first-order valence-electron chi connectivity index (χ1n) is 8.70. The van der Waals surface area contributed by atoms with Crippen LogP contribution in [0.3, 0.4) is 0 Å². The highest BCUT2D eigenvalue weighted by molar-refractivity contribution is 6.34. The van der Waals surface area contributed by atoms with E-state index in [-0.39, 0.29) is 33.4 Å². The summed E-state index contributed by atoms with van der Waals surface area (Å²) in [6.45, 7) is -0.646. The number of anilines is 2. The quantitative estimate of drug-likeness (QED) is 0.320. The molecular weight excluding hydrogens is 430 g/mol. The van der Waals surface area contributed by atoms with E-state index < -0.39 is 29.3 Å². The lowest BCUT2D eigenvalue weighted by Gasteiger charge is -2.11. The summed E-state index contributed by atoms with van der Waals surface area (Å²) in [5, 5.41) is 15.6. The Bertz CT molecular complexity index is 1150. The normalized spacial score (nSPS) is 10.2. The number of para-hydroxylation sites is 1. The predicted octanol–water partition coefficient (Wildman–Crippen LogP) is 3.89. The Kier molecular flexibility index (Phi) is 6.63. The van der Waals surface area contributed by atoms with E-state index in [1.54, 1.807) is 18.2 Å². The minimum atomic E-state index is -0.847. The number of furan rings is 1. The standard InChI is InChI=1S/C20H14ClN3O7/c21-14-10-12(24(28)29)7-8-16(14)22-18(25)11-31-20(27)13-4-1-2-5-15(13)23-19(26)17-6-3-9-30-17/h1-10H,11H2,(H,22,25)(H,23,26). The number of nitro groups is 1. The van der Waals surface area contributed by atoms with Gasteiger partial charge in [0.2, 0.25) is 0 Å². The lowest BCUT2D eigenvalue weighted by molar-refractivity contribution is -0.384. The summed E-state index contributed by atoms with van der Waals surface area (Å²) in [4.78, 5) is 46.7. The number of carbonyl (C=O) groups is 3. The highest BCUT2D eigenvalue weighted by atomic mass is 35.5. The number of ether oxygens (including phenoxy) is 1. The van der Waals surface area contributed by atoms with Crippen molar-refractivity contribution in [1.82, 2.24) is 0 Å². The number of rotatable bonds is 7. The molecule has 0 radical (unpaired) electrons. The SMILES string of the molecule is O=C(COC(=O)c1ccccc1NC(=O)c1ccco1)Nc1ccc([N+](=O)[O-])cc1Cl. The fourth-order valence-corrected chi connectivity index (χ4v) is 2.70. The molecule has 11 heteroatoms. The highest BCUT2D eigenvalue weighted by Gasteiger charge is 2.18. The molecule has 0 spiro atoms. The molecule has 0 saturated heterocycles. The lowest BCUT2D eigenvalue weighted by Crippen LogP contribution is -2.22. The first-order chi connectivity index (χ1) is 14.8. The molecule has 2 N–H and O–H groups in total. The molecule has 2 amide bonds. The Morgan fingerprint density at radius 1 is 1.03 bits per heavy atom. The number of hydrogen-bond donors (Lipinski definition) is 2. The maximum Gasteiger partial charge on any atom is 0.340 e. The number of nitrogens with one attached hydrogen (secondary N) is 2. The predicted molar refractivity (Wildman–Crippen MR) is 110 cm³/mol. The first kappa shape index (κ1) is 21.5. The minimum absolute atomic E-state index is 0.0311. The van der Waals surface area contributed by atoms with Crippen molar-refractivity contribution in [2.24, 2.45) is 0 Å². The van der Waals surface area contributed by atoms with Crippen molar-refractivity contribution in [2.75, 3.05) is 17.2 Å². The number of benzene rings is 2. The largest absolute Gasteiger partial charge is 0.459 e. The molecule has 0 fully saturated rings. The van der Waals surface area contributed by atoms with Crippen LogP contribution in [0.2, 0.25) is 5.02 Å². The van der Waals surface area contributed by atoms with Gasteiger partial charge in [-0.15, -0.1) is 0 Å². The molecule has 3 rings (SSSR count). The van der Waals surface area contributed by atoms with E-state index in [1.807, 2.05) is 0 Å². The van der Waals surface area contributed by atoms with Crippen molar-refractivity contribution >= 4 is 46.4 Å². The first-order valence-corrected chi connectivity index (χ1v) is 9.07. The highest BCUT2D eigenvalue weighted by Crippen LogP contribution is 2.26. The third-order valence-electron chi connectivity index (χ3n) is 3.91. The minimum Gasteiger partial charge on any atom is -0.459 e. The van der Waals surface area contributed by atoms with E-state index in [0.29, 0.717) is 0 Å². The van der Waals surface area contributed by atoms with Gasteiger partial charge < -0.3 is 19.8 Å². The Balaban J connectivity index is 1.61. The molecule has 0 unspecified atom stereocenters. The molecule has 10 nitrogen and oxygen atoms in total. The average Bonchev–Trinajstić information content (AvgIpc) is 3.29. The van der Waals surface area contributed by atoms with Crippen molar-refractivity contribution in [3.8, 4) is 0 Å². The zero-order chi connectivity index (χ0) is 22.4. The molecule has 158 valence electrons. The van der Waals surface area contributed by atoms with E-state index >= 15 is 0 Å². The van der Waals surface area contributed by atoms with Gasteiger partial charge in [-0.25, -0.2) is 4.79 Å². The molecule has 2 aromatic carbocycles. The van der Waals surface area contributed by atoms with Crippen LogP contribution in [0.4, 0.5) is 17.1 Å². The summed E-state index contributed by atoms with van der Waals surface area (Å²) in [7, 11) is 0. The zero-order valence-corrected chi connectivity index (χ0v) is 16.4. The molecule has 1 heterocycles. The summed E-state index contributed by atoms with van der Waals surface area (Å²) in [6, 6.07) is 12.6. The number of carbonyl (C=O) groups excluding carboxylic acids is 3. The van der Waals surface area contributed by atoms with Crippen LogP contribution in [-0.2, 0) is 9.53 Å². The summed E-state index contributed by atoms with van der Waals surface area (Å²) in [6.07, 6.45) is 1.34. The van der Waals surface area contributed by atoms with Crippen LogP contribution >= 0.6 is 11.6 Å². The van der Waals surface area contributed by atoms with Gasteiger partial charge in [0.25, 0.3) is 17.5 Å². The van der Waals surface area contributed by atoms with Gasteiger partial charge in [0.1, 0.15) is 0 Å². The summed E-state index contributed by atoms with van der Waals surface area (Å²) >= 11 is 5.91. The van der Waals surface area contributed by atoms with E-state index in [0.717, 1.165) is 6.07 Å². The van der Waals surface area contributed by atoms with Gasteiger partial charge in [-0.05, 0) is 30.3 Å². The molecule has 0 aliphatic rings. The maximum absolute atomic E-state index is 12.4. The van der Waals surface area contributed by atoms with Crippen LogP contribution in [0, 0.1) is 10.1 Å². The van der Waals surface area contributed by atoms with Crippen molar-refractivity contribution in [1.29, 1.82) is 0 Å². The molecule has 0 saturated carbocycles. The smallest absolute Gasteiger partial charge is 0.340 e. The maximum atomic E-state index is 12.4. The second kappa shape index (κ2) is 9.55. The van der Waals surface area contributed by atoms with Crippen molar-refractivity contribution < 1.29 is 28.5 Å². The molecule has 0 atom stereocenters. The number of non-ortho nitro benzene ring substituents is 1. The van der Waals surface area contributed by atoms with Gasteiger partial charge >= 0.3 is 5.97 Å². The number of esters is 1. The van der Waals surface area contributed by atoms with Crippen molar-refractivity contribution in [3.05, 3.63) is 87.3 Å². The Labute approximate surface area is 179 Å². The van der Waals surface area contributed by atoms with E-state index in [1.165, 1.54) is 36.6 Å². The molecule has 3 aromatic rings. The third-order valence-corrected chi connectivity index (χ3v) is 4.22. The summed E-state index contributed by atoms with van der Waals surface area (Å²) < 4.78 is 10.0. The fourth-order valence-electron chi connectivity index (χ4n) is 2.48. The van der Waals surface area contributed by atoms with Crippen LogP contribution in [0.15, 0.2) is 65.3 Å². The average molecular weight is 444 g/mol. The van der Waals surface area contributed by atoms with Crippen LogP contribution in [0.1, 0.15) is 20.9 Å². The van der Waals surface area contributed by atoms with Crippen LogP contribution < -0.4 is 10.6 Å². The van der Waals surface area contributed by atoms with E-state index in [4.69, 9.17) is 20.8 Å². The monoisotopic (exact) mass is 443 g/mol. The van der Waals surface area contributed by atoms with Crippen molar-refractivity contribution in [3.63, 3.8) is 0 Å². The van der Waals surface area contributed by atoms with E-state index in [9.17, 15) is 24.5 Å². The Morgan fingerprint density at radius 2 is 1.81 bits per heavy atom. The zero-order valence-electron chi connectivity index (χ0n) is 15.7. The molecule has 0 aliphatic carbocycles. The number of amides is 2. The Morgan fingerprint density at radius 3 is 2.48 bits per heavy atom. The molecule has 0 aliphatic heterocycles. The number of nitrogens with zero attached hydrogens (tertiary/aromatic N) is 1. The number of halogens is 1. The number of nitro benzene ring substituents is 1. The van der Waals surface area contributed by atoms with Gasteiger partial charge in [0.15, 0.2) is 12.4 Å². The van der Waals surface area contributed by atoms with Crippen LogP contribution in [0.5, 0.6) is 0 Å². The molecule has 1 aromatic heterocycles. The topological polar surface area (TPSA) is 141 Å². The molecule has 31 heavy (non-hydrogen) atoms. The molecular formula is C20H14ClN3O7. The van der Waals surface area contributed by atoms with Gasteiger partial charge in [0.05, 0.1) is 33.1 Å². The van der Waals surface area contributed by atoms with Crippen LogP contribution in [-0.4, -0.2) is 29.3 Å². The Hall–Kier alpha value is -4.18. The fraction of sp³-hybridized carbons (Fsp3) is 0.0500. The lowest BCUT2D eigenvalue weighted by atomic mass is 10.1. The summed E-state index contributed by atoms with van der Waals surface area (Å²) in [5.41, 5.74) is 0.0957. The van der Waals surface area contributed by atoms with Crippen molar-refractivity contribution in [2.45, 2.75) is 0 Å². The van der Waals surface area contributed by atoms with E-state index in [2.05, 4.69) is 10.6 Å². The number of hydrogen-bond acceptors (Lipinski definition) is 7. The third kappa shape index (κ3) is 5.46. The molecule has 0 bridgehead atoms. The van der Waals surface area contributed by atoms with Gasteiger partial charge in [-0.2, -0.15) is 0 Å². The van der Waals surface area contributed by atoms with Gasteiger partial charge in [0, 0.05) is 12.1 Å². The second-order valence-electron chi connectivity index (χ2n) is 6.02. The summed E-state index contributed by atoms with van der Waals surface area (Å²) in [5.74, 6) is -2.06. The second-order valence-corrected chi connectivity index (χ2v) is 6.43. The van der Waals surface area contributed by atoms with Gasteiger partial charge in [-0.3, -0.25) is 19.7 Å². The van der Waals surface area contributed by atoms with Crippen LogP contribution in [0.25, 0.3) is 0 Å².